The number of urea groups is 1. The Labute approximate surface area is 173 Å². The minimum atomic E-state index is -3.30. The fourth-order valence-corrected chi connectivity index (χ4v) is 4.77. The fraction of sp³-hybridized carbons (Fsp3) is 0.350. The lowest BCUT2D eigenvalue weighted by atomic mass is 10.1. The van der Waals surface area contributed by atoms with Crippen molar-refractivity contribution in [1.29, 1.82) is 0 Å². The number of carbonyl (C=O) groups excluding carboxylic acids is 1. The first-order valence-electron chi connectivity index (χ1n) is 9.58. The van der Waals surface area contributed by atoms with Gasteiger partial charge in [-0.15, -0.1) is 0 Å². The highest BCUT2D eigenvalue weighted by molar-refractivity contribution is 7.88. The summed E-state index contributed by atoms with van der Waals surface area (Å²) in [7, 11) is -3.30. The number of carbonyl (C=O) groups is 1. The Morgan fingerprint density at radius 3 is 2.37 bits per heavy atom. The van der Waals surface area contributed by atoms with Crippen molar-refractivity contribution in [3.63, 3.8) is 0 Å². The van der Waals surface area contributed by atoms with Crippen molar-refractivity contribution in [2.75, 3.05) is 42.2 Å². The molecule has 0 radical (unpaired) electrons. The number of halogens is 2. The molecule has 2 aromatic rings. The Kier molecular flexibility index (Phi) is 5.37. The lowest BCUT2D eigenvalue weighted by Gasteiger charge is -2.38. The maximum absolute atomic E-state index is 14.0. The van der Waals surface area contributed by atoms with Crippen LogP contribution in [0.3, 0.4) is 0 Å². The van der Waals surface area contributed by atoms with Crippen molar-refractivity contribution in [3.8, 4) is 0 Å². The molecule has 2 amide bonds. The summed E-state index contributed by atoms with van der Waals surface area (Å²) in [5, 5.41) is 2.89. The van der Waals surface area contributed by atoms with Crippen LogP contribution in [-0.2, 0) is 10.0 Å². The molecule has 4 rings (SSSR count). The third-order valence-electron chi connectivity index (χ3n) is 5.40. The second-order valence-corrected chi connectivity index (χ2v) is 9.45. The molecule has 1 saturated heterocycles. The molecular formula is C20H22F2N4O3S. The minimum Gasteiger partial charge on any atom is -0.338 e. The number of benzene rings is 2. The predicted octanol–water partition coefficient (Wildman–Crippen LogP) is 2.67. The van der Waals surface area contributed by atoms with Gasteiger partial charge in [0.05, 0.1) is 17.6 Å². The lowest BCUT2D eigenvalue weighted by Crippen LogP contribution is -2.50. The van der Waals surface area contributed by atoms with Gasteiger partial charge in [0.2, 0.25) is 10.0 Å². The first-order valence-corrected chi connectivity index (χ1v) is 11.4. The summed E-state index contributed by atoms with van der Waals surface area (Å²) in [5.41, 5.74) is 1.73. The van der Waals surface area contributed by atoms with E-state index < -0.39 is 15.8 Å². The molecule has 0 aliphatic carbocycles. The topological polar surface area (TPSA) is 73.0 Å². The van der Waals surface area contributed by atoms with Crippen molar-refractivity contribution >= 4 is 33.1 Å². The van der Waals surface area contributed by atoms with E-state index in [2.05, 4.69) is 5.32 Å². The van der Waals surface area contributed by atoms with Crippen LogP contribution in [0.1, 0.15) is 6.42 Å². The third-order valence-corrected chi connectivity index (χ3v) is 6.67. The molecule has 2 heterocycles. The van der Waals surface area contributed by atoms with Crippen molar-refractivity contribution in [1.82, 2.24) is 9.62 Å². The van der Waals surface area contributed by atoms with Crippen LogP contribution < -0.4 is 15.1 Å². The maximum Gasteiger partial charge on any atom is 0.322 e. The summed E-state index contributed by atoms with van der Waals surface area (Å²) in [6, 6.07) is 9.41. The smallest absolute Gasteiger partial charge is 0.322 e. The van der Waals surface area contributed by atoms with Gasteiger partial charge in [-0.05, 0) is 48.9 Å². The van der Waals surface area contributed by atoms with Crippen molar-refractivity contribution < 1.29 is 22.0 Å². The van der Waals surface area contributed by atoms with Crippen molar-refractivity contribution in [3.05, 3.63) is 54.1 Å². The van der Waals surface area contributed by atoms with Crippen LogP contribution in [0.4, 0.5) is 30.6 Å². The van der Waals surface area contributed by atoms with Crippen LogP contribution >= 0.6 is 0 Å². The molecule has 1 fully saturated rings. The Bertz CT molecular complexity index is 1060. The van der Waals surface area contributed by atoms with Crippen LogP contribution in [-0.4, -0.2) is 57.2 Å². The Balaban J connectivity index is 1.55. The van der Waals surface area contributed by atoms with E-state index in [4.69, 9.17) is 0 Å². The number of anilines is 3. The Morgan fingerprint density at radius 2 is 1.70 bits per heavy atom. The van der Waals surface area contributed by atoms with Crippen LogP contribution in [0.25, 0.3) is 0 Å². The van der Waals surface area contributed by atoms with Crippen LogP contribution in [0.15, 0.2) is 42.5 Å². The second kappa shape index (κ2) is 7.84. The summed E-state index contributed by atoms with van der Waals surface area (Å²) >= 11 is 0. The van der Waals surface area contributed by atoms with Gasteiger partial charge in [0.25, 0.3) is 0 Å². The van der Waals surface area contributed by atoms with Gasteiger partial charge in [-0.3, -0.25) is 4.90 Å². The van der Waals surface area contributed by atoms with Crippen molar-refractivity contribution in [2.45, 2.75) is 12.5 Å². The van der Waals surface area contributed by atoms with E-state index in [-0.39, 0.29) is 24.4 Å². The second-order valence-electron chi connectivity index (χ2n) is 7.47. The Morgan fingerprint density at radius 1 is 1.00 bits per heavy atom. The van der Waals surface area contributed by atoms with Crippen molar-refractivity contribution in [2.24, 2.45) is 0 Å². The molecule has 1 atom stereocenters. The maximum atomic E-state index is 14.0. The largest absolute Gasteiger partial charge is 0.338 e. The average molecular weight is 436 g/mol. The fourth-order valence-electron chi connectivity index (χ4n) is 3.88. The molecule has 10 heteroatoms. The molecule has 0 saturated carbocycles. The molecule has 0 aromatic heterocycles. The molecule has 1 N–H and O–H groups in total. The summed E-state index contributed by atoms with van der Waals surface area (Å²) in [4.78, 5) is 16.3. The summed E-state index contributed by atoms with van der Waals surface area (Å²) in [5.74, 6) is -0.807. The standard InChI is InChI=1S/C20H22F2N4O3S/c1-30(28,29)24-9-8-16(13-24)23-20(27)26-11-10-25(17-5-2-14(21)3-6-17)19-12-15(22)4-7-18(19)26/h2-7,12,16H,8-11,13H2,1H3,(H,23,27)/t16-/m1/s1. The van der Waals surface area contributed by atoms with Gasteiger partial charge < -0.3 is 10.2 Å². The van der Waals surface area contributed by atoms with E-state index in [0.717, 1.165) is 6.26 Å². The zero-order valence-corrected chi connectivity index (χ0v) is 17.2. The third kappa shape index (κ3) is 4.10. The van der Waals surface area contributed by atoms with Crippen LogP contribution in [0.2, 0.25) is 0 Å². The molecule has 0 unspecified atom stereocenters. The van der Waals surface area contributed by atoms with E-state index >= 15 is 0 Å². The van der Waals surface area contributed by atoms with E-state index in [1.165, 1.54) is 39.5 Å². The summed E-state index contributed by atoms with van der Waals surface area (Å²) < 4.78 is 52.0. The molecule has 30 heavy (non-hydrogen) atoms. The van der Waals surface area contributed by atoms with Crippen LogP contribution in [0.5, 0.6) is 0 Å². The average Bonchev–Trinajstić information content (AvgIpc) is 3.17. The zero-order valence-electron chi connectivity index (χ0n) is 16.4. The first kappa shape index (κ1) is 20.5. The number of sulfonamides is 1. The Hall–Kier alpha value is -2.72. The molecule has 2 aromatic carbocycles. The first-order chi connectivity index (χ1) is 14.2. The SMILES string of the molecule is CS(=O)(=O)N1CC[C@@H](NC(=O)N2CCN(c3ccc(F)cc3)c3cc(F)ccc32)C1. The molecule has 2 aliphatic rings. The normalized spacial score (nSPS) is 19.6. The number of nitrogens with zero attached hydrogens (tertiary/aromatic N) is 3. The van der Waals surface area contributed by atoms with Gasteiger partial charge in [0.15, 0.2) is 0 Å². The number of rotatable bonds is 3. The summed E-state index contributed by atoms with van der Waals surface area (Å²) in [6.07, 6.45) is 1.68. The highest BCUT2D eigenvalue weighted by Crippen LogP contribution is 2.38. The molecule has 0 spiro atoms. The van der Waals surface area contributed by atoms with E-state index in [1.54, 1.807) is 12.1 Å². The van der Waals surface area contributed by atoms with Gasteiger partial charge in [0.1, 0.15) is 11.6 Å². The predicted molar refractivity (Wildman–Crippen MR) is 111 cm³/mol. The zero-order chi connectivity index (χ0) is 21.5. The van der Waals surface area contributed by atoms with E-state index in [1.807, 2.05) is 4.90 Å². The number of fused-ring (bicyclic) bond motifs is 1. The number of amides is 2. The number of nitrogens with one attached hydrogen (secondary N) is 1. The highest BCUT2D eigenvalue weighted by atomic mass is 32.2. The van der Waals surface area contributed by atoms with Gasteiger partial charge in [-0.2, -0.15) is 0 Å². The highest BCUT2D eigenvalue weighted by Gasteiger charge is 2.33. The van der Waals surface area contributed by atoms with Gasteiger partial charge >= 0.3 is 6.03 Å². The molecular weight excluding hydrogens is 414 g/mol. The van der Waals surface area contributed by atoms with E-state index in [0.29, 0.717) is 43.1 Å². The monoisotopic (exact) mass is 436 g/mol. The van der Waals surface area contributed by atoms with Gasteiger partial charge in [-0.1, -0.05) is 0 Å². The quantitative estimate of drug-likeness (QED) is 0.803. The molecule has 0 bridgehead atoms. The molecule has 2 aliphatic heterocycles. The number of hydrogen-bond acceptors (Lipinski definition) is 4. The van der Waals surface area contributed by atoms with Gasteiger partial charge in [-0.25, -0.2) is 26.3 Å². The van der Waals surface area contributed by atoms with Crippen LogP contribution in [0, 0.1) is 11.6 Å². The summed E-state index contributed by atoms with van der Waals surface area (Å²) in [6.45, 7) is 1.33. The molecule has 160 valence electrons. The number of hydrogen-bond donors (Lipinski definition) is 1. The van der Waals surface area contributed by atoms with E-state index in [9.17, 15) is 22.0 Å². The molecule has 7 nitrogen and oxygen atoms in total. The lowest BCUT2D eigenvalue weighted by molar-refractivity contribution is 0.242. The minimum absolute atomic E-state index is 0.233. The van der Waals surface area contributed by atoms with Gasteiger partial charge in [0, 0.05) is 37.9 Å².